The first-order chi connectivity index (χ1) is 16.6. The van der Waals surface area contributed by atoms with Crippen molar-refractivity contribution in [2.24, 2.45) is 0 Å². The second-order valence-corrected chi connectivity index (χ2v) is 9.09. The minimum absolute atomic E-state index is 0.723. The summed E-state index contributed by atoms with van der Waals surface area (Å²) < 4.78 is 0. The summed E-state index contributed by atoms with van der Waals surface area (Å²) in [5.74, 6) is 0. The topological polar surface area (TPSA) is 25.8 Å². The van der Waals surface area contributed by atoms with Gasteiger partial charge in [0, 0.05) is 31.9 Å². The molecule has 162 valence electrons. The molecule has 0 fully saturated rings. The van der Waals surface area contributed by atoms with E-state index >= 15 is 0 Å². The first kappa shape index (κ1) is 20.9. The fraction of sp³-hybridized carbons (Fsp3) is 0. The highest BCUT2D eigenvalue weighted by Crippen LogP contribution is 2.30. The molecular formula is C30H18Cl2N2. The van der Waals surface area contributed by atoms with E-state index in [-0.39, 0.29) is 0 Å². The van der Waals surface area contributed by atoms with E-state index in [1.165, 1.54) is 0 Å². The van der Waals surface area contributed by atoms with Gasteiger partial charge >= 0.3 is 0 Å². The number of hydrogen-bond acceptors (Lipinski definition) is 2. The van der Waals surface area contributed by atoms with Crippen molar-refractivity contribution in [2.75, 3.05) is 0 Å². The molecule has 34 heavy (non-hydrogen) atoms. The van der Waals surface area contributed by atoms with Crippen LogP contribution in [-0.4, -0.2) is 9.97 Å². The highest BCUT2D eigenvalue weighted by molar-refractivity contribution is 6.30. The molecule has 6 aromatic rings. The van der Waals surface area contributed by atoms with Crippen LogP contribution in [0, 0.1) is 0 Å². The summed E-state index contributed by atoms with van der Waals surface area (Å²) in [6, 6.07) is 36.6. The number of pyridine rings is 2. The summed E-state index contributed by atoms with van der Waals surface area (Å²) in [5, 5.41) is 3.65. The van der Waals surface area contributed by atoms with Gasteiger partial charge in [0.1, 0.15) is 0 Å². The van der Waals surface area contributed by atoms with Crippen molar-refractivity contribution in [1.29, 1.82) is 0 Å². The van der Waals surface area contributed by atoms with Crippen LogP contribution in [0.1, 0.15) is 0 Å². The number of benzene rings is 4. The van der Waals surface area contributed by atoms with Crippen molar-refractivity contribution < 1.29 is 0 Å². The predicted octanol–water partition coefficient (Wildman–Crippen LogP) is 9.09. The molecule has 0 spiro atoms. The molecule has 0 unspecified atom stereocenters. The zero-order valence-corrected chi connectivity index (χ0v) is 19.6. The van der Waals surface area contributed by atoms with Crippen molar-refractivity contribution in [2.45, 2.75) is 0 Å². The quantitative estimate of drug-likeness (QED) is 0.254. The Balaban J connectivity index is 1.33. The van der Waals surface area contributed by atoms with Crippen molar-refractivity contribution >= 4 is 45.0 Å². The standard InChI is InChI=1S/C30H18Cl2N2/c31-25-9-1-19(2-10-25)27-15-7-23-17-21(5-13-29(23)33-27)22-6-14-30-24(18-22)8-16-28(34-30)20-3-11-26(32)12-4-20/h1-18H. The van der Waals surface area contributed by atoms with Gasteiger partial charge in [0.25, 0.3) is 0 Å². The van der Waals surface area contributed by atoms with Crippen LogP contribution in [0.15, 0.2) is 109 Å². The minimum Gasteiger partial charge on any atom is -0.248 e. The summed E-state index contributed by atoms with van der Waals surface area (Å²) in [6.45, 7) is 0. The first-order valence-electron chi connectivity index (χ1n) is 11.0. The summed E-state index contributed by atoms with van der Waals surface area (Å²) in [4.78, 5) is 9.68. The van der Waals surface area contributed by atoms with Crippen molar-refractivity contribution in [1.82, 2.24) is 9.97 Å². The molecule has 0 saturated heterocycles. The lowest BCUT2D eigenvalue weighted by Gasteiger charge is -2.08. The molecule has 0 aliphatic carbocycles. The Labute approximate surface area is 207 Å². The molecule has 0 amide bonds. The second kappa shape index (κ2) is 8.57. The highest BCUT2D eigenvalue weighted by Gasteiger charge is 2.07. The van der Waals surface area contributed by atoms with E-state index in [1.54, 1.807) is 0 Å². The molecule has 2 nitrogen and oxygen atoms in total. The van der Waals surface area contributed by atoms with E-state index in [2.05, 4.69) is 60.7 Å². The van der Waals surface area contributed by atoms with Gasteiger partial charge in [-0.3, -0.25) is 0 Å². The van der Waals surface area contributed by atoms with Gasteiger partial charge in [-0.25, -0.2) is 9.97 Å². The van der Waals surface area contributed by atoms with E-state index in [1.807, 2.05) is 48.5 Å². The van der Waals surface area contributed by atoms with Crippen LogP contribution in [-0.2, 0) is 0 Å². The maximum absolute atomic E-state index is 6.02. The molecule has 6 rings (SSSR count). The Bertz CT molecular complexity index is 1530. The SMILES string of the molecule is Clc1ccc(-c2ccc3cc(-c4ccc5nc(-c6ccc(Cl)cc6)ccc5c4)ccc3n2)cc1. The maximum atomic E-state index is 6.02. The first-order valence-corrected chi connectivity index (χ1v) is 11.7. The van der Waals surface area contributed by atoms with Crippen molar-refractivity contribution in [3.8, 4) is 33.6 Å². The van der Waals surface area contributed by atoms with Gasteiger partial charge in [-0.1, -0.05) is 71.7 Å². The molecule has 0 atom stereocenters. The van der Waals surface area contributed by atoms with Crippen LogP contribution in [0.2, 0.25) is 10.0 Å². The Morgan fingerprint density at radius 3 is 1.18 bits per heavy atom. The summed E-state index contributed by atoms with van der Waals surface area (Å²) >= 11 is 12.0. The van der Waals surface area contributed by atoms with Gasteiger partial charge in [0.15, 0.2) is 0 Å². The fourth-order valence-electron chi connectivity index (χ4n) is 4.17. The molecule has 2 heterocycles. The third-order valence-electron chi connectivity index (χ3n) is 5.99. The molecule has 0 N–H and O–H groups in total. The van der Waals surface area contributed by atoms with Gasteiger partial charge in [-0.15, -0.1) is 0 Å². The molecule has 4 aromatic carbocycles. The fourth-order valence-corrected chi connectivity index (χ4v) is 4.43. The van der Waals surface area contributed by atoms with Gasteiger partial charge in [-0.05, 0) is 71.8 Å². The van der Waals surface area contributed by atoms with E-state index in [0.29, 0.717) is 0 Å². The number of nitrogens with zero attached hydrogens (tertiary/aromatic N) is 2. The average Bonchev–Trinajstić information content (AvgIpc) is 2.88. The lowest BCUT2D eigenvalue weighted by Crippen LogP contribution is -1.88. The monoisotopic (exact) mass is 476 g/mol. The number of halogens is 2. The molecule has 2 aromatic heterocycles. The zero-order valence-electron chi connectivity index (χ0n) is 18.0. The zero-order chi connectivity index (χ0) is 23.1. The smallest absolute Gasteiger partial charge is 0.0709 e. The number of fused-ring (bicyclic) bond motifs is 2. The molecule has 0 bridgehead atoms. The highest BCUT2D eigenvalue weighted by atomic mass is 35.5. The Morgan fingerprint density at radius 1 is 0.382 bits per heavy atom. The molecule has 4 heteroatoms. The molecular weight excluding hydrogens is 459 g/mol. The third kappa shape index (κ3) is 4.03. The van der Waals surface area contributed by atoms with Crippen molar-refractivity contribution in [3.05, 3.63) is 119 Å². The molecule has 0 aliphatic heterocycles. The lowest BCUT2D eigenvalue weighted by atomic mass is 10.0. The van der Waals surface area contributed by atoms with E-state index in [9.17, 15) is 0 Å². The predicted molar refractivity (Wildman–Crippen MR) is 143 cm³/mol. The van der Waals surface area contributed by atoms with Crippen molar-refractivity contribution in [3.63, 3.8) is 0 Å². The van der Waals surface area contributed by atoms with E-state index in [0.717, 1.165) is 65.5 Å². The molecule has 0 radical (unpaired) electrons. The summed E-state index contributed by atoms with van der Waals surface area (Å²) in [5.41, 5.74) is 8.20. The van der Waals surface area contributed by atoms with Crippen LogP contribution in [0.25, 0.3) is 55.4 Å². The Morgan fingerprint density at radius 2 is 0.765 bits per heavy atom. The average molecular weight is 477 g/mol. The summed E-state index contributed by atoms with van der Waals surface area (Å²) in [7, 11) is 0. The number of aromatic nitrogens is 2. The maximum Gasteiger partial charge on any atom is 0.0709 e. The van der Waals surface area contributed by atoms with E-state index in [4.69, 9.17) is 33.2 Å². The molecule has 0 saturated carbocycles. The van der Waals surface area contributed by atoms with Crippen LogP contribution in [0.5, 0.6) is 0 Å². The second-order valence-electron chi connectivity index (χ2n) is 8.22. The molecule has 0 aliphatic rings. The van der Waals surface area contributed by atoms with Crippen LogP contribution < -0.4 is 0 Å². The Kier molecular flexibility index (Phi) is 5.26. The van der Waals surface area contributed by atoms with Gasteiger partial charge in [0.2, 0.25) is 0 Å². The van der Waals surface area contributed by atoms with Crippen LogP contribution >= 0.6 is 23.2 Å². The lowest BCUT2D eigenvalue weighted by molar-refractivity contribution is 1.39. The summed E-state index contributed by atoms with van der Waals surface area (Å²) in [6.07, 6.45) is 0. The van der Waals surface area contributed by atoms with Crippen LogP contribution in [0.4, 0.5) is 0 Å². The van der Waals surface area contributed by atoms with E-state index < -0.39 is 0 Å². The number of hydrogen-bond donors (Lipinski definition) is 0. The van der Waals surface area contributed by atoms with Gasteiger partial charge in [-0.2, -0.15) is 0 Å². The number of rotatable bonds is 3. The normalized spacial score (nSPS) is 11.2. The largest absolute Gasteiger partial charge is 0.248 e. The minimum atomic E-state index is 0.723. The Hall–Kier alpha value is -3.72. The van der Waals surface area contributed by atoms with Gasteiger partial charge in [0.05, 0.1) is 22.4 Å². The third-order valence-corrected chi connectivity index (χ3v) is 6.50. The van der Waals surface area contributed by atoms with Gasteiger partial charge < -0.3 is 0 Å². The van der Waals surface area contributed by atoms with Crippen LogP contribution in [0.3, 0.4) is 0 Å².